The van der Waals surface area contributed by atoms with Gasteiger partial charge in [0.25, 0.3) is 10.0 Å². The normalized spacial score (nSPS) is 19.9. The van der Waals surface area contributed by atoms with Crippen molar-refractivity contribution in [2.24, 2.45) is 0 Å². The topological polar surface area (TPSA) is 80.7 Å². The third-order valence-corrected chi connectivity index (χ3v) is 6.67. The smallest absolute Gasteiger partial charge is 0.262 e. The van der Waals surface area contributed by atoms with Crippen molar-refractivity contribution in [1.82, 2.24) is 13.7 Å². The van der Waals surface area contributed by atoms with Gasteiger partial charge >= 0.3 is 0 Å². The zero-order valence-corrected chi connectivity index (χ0v) is 13.6. The monoisotopic (exact) mass is 326 g/mol. The standard InChI is InChI=1S/C13H18N4O2S2/c1-13(2)9-16(7-8-20-13)21(18,19)12-11(14)15-10-5-3-4-6-17(10)12/h3-6H,7-9,14H2,1-2H3. The third-order valence-electron chi connectivity index (χ3n) is 3.49. The molecule has 3 heterocycles. The Balaban J connectivity index is 2.10. The summed E-state index contributed by atoms with van der Waals surface area (Å²) in [4.78, 5) is 4.14. The van der Waals surface area contributed by atoms with Crippen molar-refractivity contribution in [1.29, 1.82) is 0 Å². The molecule has 0 amide bonds. The van der Waals surface area contributed by atoms with Crippen LogP contribution in [0.5, 0.6) is 0 Å². The van der Waals surface area contributed by atoms with Crippen molar-refractivity contribution in [3.05, 3.63) is 24.4 Å². The lowest BCUT2D eigenvalue weighted by atomic mass is 10.2. The average Bonchev–Trinajstić information content (AvgIpc) is 2.73. The molecule has 0 aliphatic carbocycles. The molecular formula is C13H18N4O2S2. The number of pyridine rings is 1. The molecule has 0 saturated carbocycles. The molecule has 0 bridgehead atoms. The second kappa shape index (κ2) is 4.89. The maximum Gasteiger partial charge on any atom is 0.262 e. The van der Waals surface area contributed by atoms with Gasteiger partial charge < -0.3 is 5.73 Å². The zero-order chi connectivity index (χ0) is 15.3. The number of hydrogen-bond donors (Lipinski definition) is 1. The van der Waals surface area contributed by atoms with E-state index in [-0.39, 0.29) is 15.6 Å². The quantitative estimate of drug-likeness (QED) is 0.903. The zero-order valence-electron chi connectivity index (χ0n) is 12.0. The van der Waals surface area contributed by atoms with Gasteiger partial charge in [-0.3, -0.25) is 4.40 Å². The molecule has 0 unspecified atom stereocenters. The van der Waals surface area contributed by atoms with Crippen LogP contribution in [-0.4, -0.2) is 45.7 Å². The van der Waals surface area contributed by atoms with E-state index in [1.807, 2.05) is 0 Å². The number of anilines is 1. The first-order valence-corrected chi connectivity index (χ1v) is 9.10. The lowest BCUT2D eigenvalue weighted by Crippen LogP contribution is -2.46. The Labute approximate surface area is 128 Å². The van der Waals surface area contributed by atoms with Crippen molar-refractivity contribution in [3.63, 3.8) is 0 Å². The molecule has 0 radical (unpaired) electrons. The highest BCUT2D eigenvalue weighted by Crippen LogP contribution is 2.33. The number of sulfonamides is 1. The van der Waals surface area contributed by atoms with Crippen LogP contribution >= 0.6 is 11.8 Å². The summed E-state index contributed by atoms with van der Waals surface area (Å²) in [5.41, 5.74) is 6.41. The molecule has 0 atom stereocenters. The van der Waals surface area contributed by atoms with Crippen LogP contribution in [0.4, 0.5) is 5.82 Å². The molecule has 3 rings (SSSR count). The maximum atomic E-state index is 12.9. The molecule has 0 aromatic carbocycles. The summed E-state index contributed by atoms with van der Waals surface area (Å²) in [7, 11) is -3.65. The highest BCUT2D eigenvalue weighted by molar-refractivity contribution is 8.00. The summed E-state index contributed by atoms with van der Waals surface area (Å²) >= 11 is 1.79. The fourth-order valence-corrected chi connectivity index (χ4v) is 5.64. The summed E-state index contributed by atoms with van der Waals surface area (Å²) < 4.78 is 28.8. The van der Waals surface area contributed by atoms with E-state index in [9.17, 15) is 8.42 Å². The molecule has 2 aromatic heterocycles. The number of nitrogens with two attached hydrogens (primary N) is 1. The predicted octanol–water partition coefficient (Wildman–Crippen LogP) is 1.43. The van der Waals surface area contributed by atoms with Crippen LogP contribution in [0.2, 0.25) is 0 Å². The Morgan fingerprint density at radius 2 is 2.14 bits per heavy atom. The first kappa shape index (κ1) is 14.7. The highest BCUT2D eigenvalue weighted by atomic mass is 32.2. The van der Waals surface area contributed by atoms with Gasteiger partial charge in [-0.05, 0) is 26.0 Å². The Morgan fingerprint density at radius 1 is 1.38 bits per heavy atom. The fourth-order valence-electron chi connectivity index (χ4n) is 2.55. The van der Waals surface area contributed by atoms with Gasteiger partial charge in [-0.25, -0.2) is 13.4 Å². The minimum atomic E-state index is -3.65. The van der Waals surface area contributed by atoms with Crippen LogP contribution in [0.15, 0.2) is 29.4 Å². The number of aromatic nitrogens is 2. The number of hydrogen-bond acceptors (Lipinski definition) is 5. The van der Waals surface area contributed by atoms with Crippen LogP contribution in [0, 0.1) is 0 Å². The lowest BCUT2D eigenvalue weighted by molar-refractivity contribution is 0.386. The SMILES string of the molecule is CC1(C)CN(S(=O)(=O)c2c(N)nc3ccccn23)CCS1. The van der Waals surface area contributed by atoms with Gasteiger partial charge in [0.05, 0.1) is 0 Å². The molecule has 1 aliphatic rings. The highest BCUT2D eigenvalue weighted by Gasteiger charge is 2.37. The summed E-state index contributed by atoms with van der Waals surface area (Å²) in [6.45, 7) is 5.07. The molecule has 2 N–H and O–H groups in total. The Kier molecular flexibility index (Phi) is 3.42. The second-order valence-corrected chi connectivity index (χ2v) is 9.33. The largest absolute Gasteiger partial charge is 0.381 e. The van der Waals surface area contributed by atoms with E-state index in [2.05, 4.69) is 18.8 Å². The number of fused-ring (bicyclic) bond motifs is 1. The summed E-state index contributed by atoms with van der Waals surface area (Å²) in [6.07, 6.45) is 1.68. The summed E-state index contributed by atoms with van der Waals surface area (Å²) in [5, 5.41) is 0.0702. The van der Waals surface area contributed by atoms with Gasteiger partial charge in [-0.15, -0.1) is 0 Å². The van der Waals surface area contributed by atoms with Crippen molar-refractivity contribution >= 4 is 33.3 Å². The van der Waals surface area contributed by atoms with Crippen molar-refractivity contribution in [3.8, 4) is 0 Å². The third kappa shape index (κ3) is 2.51. The first-order chi connectivity index (χ1) is 9.81. The molecule has 1 aliphatic heterocycles. The molecular weight excluding hydrogens is 308 g/mol. The number of rotatable bonds is 2. The number of nitrogen functional groups attached to an aromatic ring is 1. The Bertz CT molecular complexity index is 783. The van der Waals surface area contributed by atoms with E-state index in [4.69, 9.17) is 5.73 Å². The van der Waals surface area contributed by atoms with E-state index >= 15 is 0 Å². The van der Waals surface area contributed by atoms with Crippen LogP contribution in [-0.2, 0) is 10.0 Å². The van der Waals surface area contributed by atoms with Crippen LogP contribution < -0.4 is 5.73 Å². The number of thioether (sulfide) groups is 1. The van der Waals surface area contributed by atoms with Gasteiger partial charge in [0.15, 0.2) is 10.8 Å². The van der Waals surface area contributed by atoms with Gasteiger partial charge in [0, 0.05) is 29.8 Å². The molecule has 21 heavy (non-hydrogen) atoms. The van der Waals surface area contributed by atoms with E-state index in [0.717, 1.165) is 5.75 Å². The van der Waals surface area contributed by atoms with E-state index in [1.54, 1.807) is 40.6 Å². The van der Waals surface area contributed by atoms with Crippen molar-refractivity contribution in [2.45, 2.75) is 23.6 Å². The van der Waals surface area contributed by atoms with Crippen molar-refractivity contribution < 1.29 is 8.42 Å². The van der Waals surface area contributed by atoms with E-state index in [1.165, 1.54) is 4.31 Å². The molecule has 2 aromatic rings. The lowest BCUT2D eigenvalue weighted by Gasteiger charge is -2.36. The van der Waals surface area contributed by atoms with Gasteiger partial charge in [-0.2, -0.15) is 16.1 Å². The summed E-state index contributed by atoms with van der Waals surface area (Å²) in [5.74, 6) is 0.834. The number of nitrogens with zero attached hydrogens (tertiary/aromatic N) is 3. The molecule has 1 fully saturated rings. The molecule has 114 valence electrons. The van der Waals surface area contributed by atoms with E-state index in [0.29, 0.717) is 18.7 Å². The first-order valence-electron chi connectivity index (χ1n) is 6.68. The van der Waals surface area contributed by atoms with Crippen molar-refractivity contribution in [2.75, 3.05) is 24.6 Å². The fraction of sp³-hybridized carbons (Fsp3) is 0.462. The molecule has 8 heteroatoms. The van der Waals surface area contributed by atoms with Gasteiger partial charge in [-0.1, -0.05) is 6.07 Å². The Morgan fingerprint density at radius 3 is 2.86 bits per heavy atom. The van der Waals surface area contributed by atoms with Crippen LogP contribution in [0.1, 0.15) is 13.8 Å². The second-order valence-electron chi connectivity index (χ2n) is 5.68. The Hall–Kier alpha value is -1.25. The molecule has 6 nitrogen and oxygen atoms in total. The minimum absolute atomic E-state index is 0.0530. The van der Waals surface area contributed by atoms with E-state index < -0.39 is 10.0 Å². The maximum absolute atomic E-state index is 12.9. The van der Waals surface area contributed by atoms with Crippen LogP contribution in [0.3, 0.4) is 0 Å². The van der Waals surface area contributed by atoms with Crippen LogP contribution in [0.25, 0.3) is 5.65 Å². The van der Waals surface area contributed by atoms with Gasteiger partial charge in [0.1, 0.15) is 5.65 Å². The van der Waals surface area contributed by atoms with Gasteiger partial charge in [0.2, 0.25) is 0 Å². The minimum Gasteiger partial charge on any atom is -0.381 e. The molecule has 1 saturated heterocycles. The summed E-state index contributed by atoms with van der Waals surface area (Å²) in [6, 6.07) is 5.31. The molecule has 0 spiro atoms. The average molecular weight is 326 g/mol. The predicted molar refractivity (Wildman–Crippen MR) is 84.9 cm³/mol. The number of imidazole rings is 1.